The van der Waals surface area contributed by atoms with Crippen LogP contribution in [-0.2, 0) is 16.8 Å². The lowest BCUT2D eigenvalue weighted by Crippen LogP contribution is -2.19. The second kappa shape index (κ2) is 3.97. The molecule has 1 rings (SSSR count). The molecule has 1 aromatic heterocycles. The molecule has 1 heterocycles. The number of rotatable bonds is 4. The van der Waals surface area contributed by atoms with E-state index in [9.17, 15) is 8.42 Å². The molecule has 0 unspecified atom stereocenters. The second-order valence-corrected chi connectivity index (χ2v) is 4.50. The monoisotopic (exact) mass is 219 g/mol. The molecule has 0 aromatic carbocycles. The van der Waals surface area contributed by atoms with Crippen LogP contribution < -0.4 is 9.32 Å². The number of hydrogen-bond acceptors (Lipinski definition) is 4. The highest BCUT2D eigenvalue weighted by molar-refractivity contribution is 7.84. The van der Waals surface area contributed by atoms with Crippen LogP contribution >= 0.6 is 0 Å². The largest absolute Gasteiger partial charge is 0.381 e. The summed E-state index contributed by atoms with van der Waals surface area (Å²) in [6, 6.07) is 1.45. The summed E-state index contributed by atoms with van der Waals surface area (Å²) >= 11 is 0. The summed E-state index contributed by atoms with van der Waals surface area (Å²) in [5, 5.41) is 8.55. The van der Waals surface area contributed by atoms with Crippen molar-refractivity contribution in [2.24, 2.45) is 11.1 Å². The van der Waals surface area contributed by atoms with Crippen LogP contribution in [0.25, 0.3) is 0 Å². The number of hydrogen-bond donors (Lipinski definition) is 1. The van der Waals surface area contributed by atoms with Crippen LogP contribution in [0.15, 0.2) is 12.3 Å². The summed E-state index contributed by atoms with van der Waals surface area (Å²) in [4.78, 5) is 0. The van der Waals surface area contributed by atoms with E-state index in [0.29, 0.717) is 12.5 Å². The fourth-order valence-electron chi connectivity index (χ4n) is 0.982. The van der Waals surface area contributed by atoms with E-state index in [0.717, 1.165) is 0 Å². The number of nitrogens with two attached hydrogens (primary N) is 1. The van der Waals surface area contributed by atoms with Gasteiger partial charge < -0.3 is 4.18 Å². The Morgan fingerprint density at radius 3 is 2.79 bits per heavy atom. The summed E-state index contributed by atoms with van der Waals surface area (Å²) in [5.74, 6) is 0.422. The minimum Gasteiger partial charge on any atom is -0.349 e. The molecular formula is C7H13N3O3S. The first kappa shape index (κ1) is 11.0. The van der Waals surface area contributed by atoms with Crippen LogP contribution in [0.4, 0.5) is 0 Å². The highest BCUT2D eigenvalue weighted by Crippen LogP contribution is 2.08. The van der Waals surface area contributed by atoms with Gasteiger partial charge in [0.05, 0.1) is 0 Å². The van der Waals surface area contributed by atoms with Crippen molar-refractivity contribution >= 4 is 10.3 Å². The Labute approximate surface area is 82.9 Å². The molecule has 80 valence electrons. The van der Waals surface area contributed by atoms with Crippen molar-refractivity contribution in [3.8, 4) is 5.88 Å². The maximum atomic E-state index is 10.5. The van der Waals surface area contributed by atoms with Crippen molar-refractivity contribution in [3.63, 3.8) is 0 Å². The lowest BCUT2D eigenvalue weighted by atomic mass is 10.2. The Balaban J connectivity index is 2.69. The third-order valence-corrected chi connectivity index (χ3v) is 1.77. The average Bonchev–Trinajstić information content (AvgIpc) is 2.30. The SMILES string of the molecule is CC(C)Cn1ccc(OS(N)(=O)=O)n1. The summed E-state index contributed by atoms with van der Waals surface area (Å²) in [6.45, 7) is 4.76. The van der Waals surface area contributed by atoms with Crippen molar-refractivity contribution in [1.82, 2.24) is 9.78 Å². The van der Waals surface area contributed by atoms with Crippen molar-refractivity contribution in [2.75, 3.05) is 0 Å². The Morgan fingerprint density at radius 2 is 2.29 bits per heavy atom. The lowest BCUT2D eigenvalue weighted by Gasteiger charge is -2.03. The number of aromatic nitrogens is 2. The third kappa shape index (κ3) is 3.75. The normalized spacial score (nSPS) is 12.0. The van der Waals surface area contributed by atoms with Crippen molar-refractivity contribution in [1.29, 1.82) is 0 Å². The smallest absolute Gasteiger partial charge is 0.349 e. The minimum absolute atomic E-state index is 0.00634. The predicted molar refractivity (Wildman–Crippen MR) is 50.8 cm³/mol. The van der Waals surface area contributed by atoms with Gasteiger partial charge in [0.2, 0.25) is 0 Å². The van der Waals surface area contributed by atoms with Crippen LogP contribution in [0, 0.1) is 5.92 Å². The van der Waals surface area contributed by atoms with Gasteiger partial charge in [-0.05, 0) is 5.92 Å². The third-order valence-electron chi connectivity index (χ3n) is 1.37. The summed E-state index contributed by atoms with van der Waals surface area (Å²) in [5.41, 5.74) is 0. The van der Waals surface area contributed by atoms with Crippen molar-refractivity contribution < 1.29 is 12.6 Å². The molecule has 0 atom stereocenters. The quantitative estimate of drug-likeness (QED) is 0.779. The highest BCUT2D eigenvalue weighted by atomic mass is 32.2. The van der Waals surface area contributed by atoms with E-state index in [4.69, 9.17) is 0 Å². The van der Waals surface area contributed by atoms with E-state index in [2.05, 4.69) is 14.4 Å². The molecule has 0 spiro atoms. The first-order valence-electron chi connectivity index (χ1n) is 4.12. The molecule has 0 radical (unpaired) electrons. The Morgan fingerprint density at radius 1 is 1.64 bits per heavy atom. The fourth-order valence-corrected chi connectivity index (χ4v) is 1.31. The Kier molecular flexibility index (Phi) is 3.12. The molecule has 7 heteroatoms. The Bertz CT molecular complexity index is 396. The van der Waals surface area contributed by atoms with Gasteiger partial charge in [-0.25, -0.2) is 0 Å². The lowest BCUT2D eigenvalue weighted by molar-refractivity contribution is 0.446. The minimum atomic E-state index is -3.97. The Hall–Kier alpha value is -1.08. The summed E-state index contributed by atoms with van der Waals surface area (Å²) in [6.07, 6.45) is 1.64. The van der Waals surface area contributed by atoms with Gasteiger partial charge in [0.25, 0.3) is 5.88 Å². The van der Waals surface area contributed by atoms with Crippen LogP contribution in [0.5, 0.6) is 5.88 Å². The van der Waals surface area contributed by atoms with Gasteiger partial charge in [-0.1, -0.05) is 13.8 Å². The maximum Gasteiger partial charge on any atom is 0.381 e. The molecule has 0 aliphatic rings. The maximum absolute atomic E-state index is 10.5. The van der Waals surface area contributed by atoms with Gasteiger partial charge in [-0.3, -0.25) is 4.68 Å². The molecule has 0 bridgehead atoms. The topological polar surface area (TPSA) is 87.2 Å². The highest BCUT2D eigenvalue weighted by Gasteiger charge is 2.08. The second-order valence-electron chi connectivity index (χ2n) is 3.35. The van der Waals surface area contributed by atoms with Crippen molar-refractivity contribution in [2.45, 2.75) is 20.4 Å². The van der Waals surface area contributed by atoms with Gasteiger partial charge in [0, 0.05) is 18.8 Å². The number of nitrogens with zero attached hydrogens (tertiary/aromatic N) is 2. The van der Waals surface area contributed by atoms with Crippen LogP contribution in [0.3, 0.4) is 0 Å². The zero-order valence-electron chi connectivity index (χ0n) is 8.04. The fraction of sp³-hybridized carbons (Fsp3) is 0.571. The molecule has 6 nitrogen and oxygen atoms in total. The zero-order chi connectivity index (χ0) is 10.8. The molecule has 1 aromatic rings. The van der Waals surface area contributed by atoms with Crippen LogP contribution in [-0.4, -0.2) is 18.2 Å². The first-order chi connectivity index (χ1) is 6.37. The van der Waals surface area contributed by atoms with Crippen LogP contribution in [0.1, 0.15) is 13.8 Å². The summed E-state index contributed by atoms with van der Waals surface area (Å²) in [7, 11) is -3.97. The first-order valence-corrected chi connectivity index (χ1v) is 5.59. The molecule has 0 saturated carbocycles. The van der Waals surface area contributed by atoms with Gasteiger partial charge >= 0.3 is 10.3 Å². The molecule has 0 saturated heterocycles. The molecule has 14 heavy (non-hydrogen) atoms. The van der Waals surface area contributed by atoms with E-state index >= 15 is 0 Å². The standard InChI is InChI=1S/C7H13N3O3S/c1-6(2)5-10-4-3-7(9-10)13-14(8,11)12/h3-4,6H,5H2,1-2H3,(H2,8,11,12). The van der Waals surface area contributed by atoms with Gasteiger partial charge in [-0.2, -0.15) is 13.6 Å². The van der Waals surface area contributed by atoms with Gasteiger partial charge in [0.1, 0.15) is 0 Å². The van der Waals surface area contributed by atoms with E-state index in [1.54, 1.807) is 10.9 Å². The predicted octanol–water partition coefficient (Wildman–Crippen LogP) is 0.121. The summed E-state index contributed by atoms with van der Waals surface area (Å²) < 4.78 is 27.1. The van der Waals surface area contributed by atoms with E-state index in [-0.39, 0.29) is 5.88 Å². The molecule has 0 aliphatic carbocycles. The molecule has 0 aliphatic heterocycles. The zero-order valence-corrected chi connectivity index (χ0v) is 8.86. The van der Waals surface area contributed by atoms with Gasteiger partial charge in [-0.15, -0.1) is 5.10 Å². The molecular weight excluding hydrogens is 206 g/mol. The average molecular weight is 219 g/mol. The van der Waals surface area contributed by atoms with E-state index < -0.39 is 10.3 Å². The van der Waals surface area contributed by atoms with Gasteiger partial charge in [0.15, 0.2) is 0 Å². The molecule has 0 amide bonds. The molecule has 0 fully saturated rings. The van der Waals surface area contributed by atoms with Crippen molar-refractivity contribution in [3.05, 3.63) is 12.3 Å². The van der Waals surface area contributed by atoms with E-state index in [1.165, 1.54) is 6.07 Å². The van der Waals surface area contributed by atoms with E-state index in [1.807, 2.05) is 13.8 Å². The molecule has 2 N–H and O–H groups in total. The van der Waals surface area contributed by atoms with Crippen LogP contribution in [0.2, 0.25) is 0 Å².